The number of benzene rings is 3. The van der Waals surface area contributed by atoms with Crippen molar-refractivity contribution in [2.45, 2.75) is 71.5 Å². The number of anilines is 1. The van der Waals surface area contributed by atoms with E-state index in [2.05, 4.69) is 5.32 Å². The van der Waals surface area contributed by atoms with Gasteiger partial charge in [-0.3, -0.25) is 13.9 Å². The van der Waals surface area contributed by atoms with Gasteiger partial charge in [-0.15, -0.1) is 0 Å². The number of carbonyl (C=O) groups is 2. The van der Waals surface area contributed by atoms with Crippen molar-refractivity contribution in [1.82, 2.24) is 10.2 Å². The van der Waals surface area contributed by atoms with Crippen molar-refractivity contribution in [2.75, 3.05) is 25.1 Å². The first-order valence-corrected chi connectivity index (χ1v) is 15.7. The molecule has 1 N–H and O–H groups in total. The molecule has 0 bridgehead atoms. The molecule has 0 radical (unpaired) electrons. The molecule has 0 aliphatic rings. The van der Waals surface area contributed by atoms with Gasteiger partial charge < -0.3 is 19.7 Å². The second kappa shape index (κ2) is 14.4. The number of nitrogens with zero attached hydrogens (tertiary/aromatic N) is 2. The Morgan fingerprint density at radius 1 is 0.860 bits per heavy atom. The van der Waals surface area contributed by atoms with Gasteiger partial charge in [0.15, 0.2) is 11.5 Å². The summed E-state index contributed by atoms with van der Waals surface area (Å²) in [6.45, 7) is 10.9. The van der Waals surface area contributed by atoms with Crippen LogP contribution in [-0.2, 0) is 26.2 Å². The monoisotopic (exact) mass is 609 g/mol. The van der Waals surface area contributed by atoms with E-state index in [0.29, 0.717) is 17.9 Å². The first-order valence-electron chi connectivity index (χ1n) is 14.3. The Labute approximate surface area is 255 Å². The molecule has 3 aromatic carbocycles. The summed E-state index contributed by atoms with van der Waals surface area (Å²) in [5.41, 5.74) is 3.88. The third kappa shape index (κ3) is 8.28. The molecule has 10 heteroatoms. The summed E-state index contributed by atoms with van der Waals surface area (Å²) in [7, 11) is -1.38. The maximum atomic E-state index is 14.3. The summed E-state index contributed by atoms with van der Waals surface area (Å²) in [6, 6.07) is 16.5. The van der Waals surface area contributed by atoms with Gasteiger partial charge in [0.2, 0.25) is 11.8 Å². The zero-order chi connectivity index (χ0) is 31.9. The zero-order valence-corrected chi connectivity index (χ0v) is 27.1. The van der Waals surface area contributed by atoms with Gasteiger partial charge >= 0.3 is 0 Å². The maximum Gasteiger partial charge on any atom is 0.264 e. The van der Waals surface area contributed by atoms with Gasteiger partial charge in [-0.05, 0) is 82.0 Å². The van der Waals surface area contributed by atoms with Gasteiger partial charge in [0.1, 0.15) is 12.6 Å². The molecule has 3 aromatic rings. The number of aryl methyl sites for hydroxylation is 3. The average Bonchev–Trinajstić information content (AvgIpc) is 2.94. The highest BCUT2D eigenvalue weighted by Crippen LogP contribution is 2.33. The number of hydrogen-bond donors (Lipinski definition) is 1. The molecule has 0 aliphatic carbocycles. The Hall–Kier alpha value is -4.05. The number of ether oxygens (including phenoxy) is 2. The van der Waals surface area contributed by atoms with E-state index in [9.17, 15) is 18.0 Å². The molecule has 1 atom stereocenters. The highest BCUT2D eigenvalue weighted by atomic mass is 32.2. The van der Waals surface area contributed by atoms with Crippen molar-refractivity contribution in [3.8, 4) is 11.5 Å². The molecule has 0 saturated heterocycles. The summed E-state index contributed by atoms with van der Waals surface area (Å²) in [4.78, 5) is 29.0. The highest BCUT2D eigenvalue weighted by Gasteiger charge is 2.34. The number of sulfonamides is 1. The fourth-order valence-corrected chi connectivity index (χ4v) is 6.45. The van der Waals surface area contributed by atoms with Crippen LogP contribution in [0.5, 0.6) is 11.5 Å². The van der Waals surface area contributed by atoms with Crippen LogP contribution >= 0.6 is 0 Å². The lowest BCUT2D eigenvalue weighted by Gasteiger charge is -2.33. The normalized spacial score (nSPS) is 12.0. The van der Waals surface area contributed by atoms with Gasteiger partial charge in [0.05, 0.1) is 24.8 Å². The van der Waals surface area contributed by atoms with Gasteiger partial charge in [-0.1, -0.05) is 42.8 Å². The standard InChI is InChI=1S/C33H43N3O6S/c1-9-29(33(38)34-22(2)3)35(20-26-12-10-11-23(4)16-26)32(37)21-36(27-17-24(5)15-25(6)18-27)43(39,40)28-13-14-30(41-7)31(19-28)42-8/h10-19,22,29H,9,20-21H2,1-8H3,(H,34,38). The molecule has 232 valence electrons. The zero-order valence-electron chi connectivity index (χ0n) is 26.3. The molecule has 0 aromatic heterocycles. The smallest absolute Gasteiger partial charge is 0.264 e. The maximum absolute atomic E-state index is 14.3. The van der Waals surface area contributed by atoms with Gasteiger partial charge in [0.25, 0.3) is 10.0 Å². The van der Waals surface area contributed by atoms with Crippen LogP contribution in [0.2, 0.25) is 0 Å². The van der Waals surface area contributed by atoms with Crippen LogP contribution in [0.25, 0.3) is 0 Å². The van der Waals surface area contributed by atoms with Crippen LogP contribution < -0.4 is 19.1 Å². The predicted octanol–water partition coefficient (Wildman–Crippen LogP) is 5.16. The van der Waals surface area contributed by atoms with E-state index in [1.807, 2.05) is 71.9 Å². The van der Waals surface area contributed by atoms with Crippen molar-refractivity contribution in [3.05, 3.63) is 82.9 Å². The Morgan fingerprint density at radius 3 is 2.07 bits per heavy atom. The molecular weight excluding hydrogens is 566 g/mol. The minimum Gasteiger partial charge on any atom is -0.493 e. The molecule has 1 unspecified atom stereocenters. The summed E-state index contributed by atoms with van der Waals surface area (Å²) < 4.78 is 40.3. The average molecular weight is 610 g/mol. The van der Waals surface area contributed by atoms with Crippen molar-refractivity contribution in [3.63, 3.8) is 0 Å². The number of rotatable bonds is 13. The highest BCUT2D eigenvalue weighted by molar-refractivity contribution is 7.92. The lowest BCUT2D eigenvalue weighted by Crippen LogP contribution is -2.53. The van der Waals surface area contributed by atoms with Gasteiger partial charge in [0, 0.05) is 18.7 Å². The third-order valence-electron chi connectivity index (χ3n) is 6.97. The molecular formula is C33H43N3O6S. The molecule has 0 spiro atoms. The number of amides is 2. The lowest BCUT2D eigenvalue weighted by atomic mass is 10.1. The summed E-state index contributed by atoms with van der Waals surface area (Å²) in [6.07, 6.45) is 0.349. The molecule has 43 heavy (non-hydrogen) atoms. The Kier molecular flexibility index (Phi) is 11.2. The SMILES string of the molecule is CCC(C(=O)NC(C)C)N(Cc1cccc(C)c1)C(=O)CN(c1cc(C)cc(C)c1)S(=O)(=O)c1ccc(OC)c(OC)c1. The quantitative estimate of drug-likeness (QED) is 0.287. The van der Waals surface area contributed by atoms with Crippen LogP contribution in [0.3, 0.4) is 0 Å². The van der Waals surface area contributed by atoms with E-state index in [-0.39, 0.29) is 29.1 Å². The topological polar surface area (TPSA) is 105 Å². The van der Waals surface area contributed by atoms with E-state index >= 15 is 0 Å². The predicted molar refractivity (Wildman–Crippen MR) is 169 cm³/mol. The molecule has 2 amide bonds. The van der Waals surface area contributed by atoms with Crippen molar-refractivity contribution in [1.29, 1.82) is 0 Å². The summed E-state index contributed by atoms with van der Waals surface area (Å²) >= 11 is 0. The minimum absolute atomic E-state index is 0.0630. The Morgan fingerprint density at radius 2 is 1.51 bits per heavy atom. The van der Waals surface area contributed by atoms with Crippen LogP contribution in [0.4, 0.5) is 5.69 Å². The molecule has 0 saturated carbocycles. The minimum atomic E-state index is -4.28. The van der Waals surface area contributed by atoms with Gasteiger partial charge in [-0.2, -0.15) is 0 Å². The number of methoxy groups -OCH3 is 2. The number of carbonyl (C=O) groups excluding carboxylic acids is 2. The summed E-state index contributed by atoms with van der Waals surface area (Å²) in [5.74, 6) is -0.177. The van der Waals surface area contributed by atoms with E-state index in [0.717, 1.165) is 26.6 Å². The molecule has 3 rings (SSSR count). The summed E-state index contributed by atoms with van der Waals surface area (Å²) in [5, 5.41) is 2.92. The second-order valence-corrected chi connectivity index (χ2v) is 12.8. The third-order valence-corrected chi connectivity index (χ3v) is 8.74. The van der Waals surface area contributed by atoms with Crippen LogP contribution in [-0.4, -0.2) is 58.0 Å². The van der Waals surface area contributed by atoms with Crippen LogP contribution in [0, 0.1) is 20.8 Å². The first-order chi connectivity index (χ1) is 20.3. The molecule has 0 heterocycles. The fraction of sp³-hybridized carbons (Fsp3) is 0.394. The molecule has 9 nitrogen and oxygen atoms in total. The second-order valence-electron chi connectivity index (χ2n) is 11.0. The van der Waals surface area contributed by atoms with E-state index in [1.165, 1.54) is 37.3 Å². The molecule has 0 fully saturated rings. The van der Waals surface area contributed by atoms with E-state index in [4.69, 9.17) is 9.47 Å². The van der Waals surface area contributed by atoms with Crippen LogP contribution in [0.15, 0.2) is 65.6 Å². The van der Waals surface area contributed by atoms with E-state index < -0.39 is 28.5 Å². The Bertz CT molecular complexity index is 1530. The van der Waals surface area contributed by atoms with Crippen molar-refractivity contribution >= 4 is 27.5 Å². The molecule has 0 aliphatic heterocycles. The fourth-order valence-electron chi connectivity index (χ4n) is 5.03. The number of hydrogen-bond acceptors (Lipinski definition) is 6. The lowest BCUT2D eigenvalue weighted by molar-refractivity contribution is -0.140. The largest absolute Gasteiger partial charge is 0.493 e. The van der Waals surface area contributed by atoms with Crippen molar-refractivity contribution in [2.24, 2.45) is 0 Å². The van der Waals surface area contributed by atoms with Crippen LogP contribution in [0.1, 0.15) is 49.4 Å². The Balaban J connectivity index is 2.14. The van der Waals surface area contributed by atoms with Crippen molar-refractivity contribution < 1.29 is 27.5 Å². The van der Waals surface area contributed by atoms with Gasteiger partial charge in [-0.25, -0.2) is 8.42 Å². The number of nitrogens with one attached hydrogen (secondary N) is 1. The first kappa shape index (κ1) is 33.5. The van der Waals surface area contributed by atoms with E-state index in [1.54, 1.807) is 12.1 Å².